The molecule has 0 aromatic heterocycles. The van der Waals surface area contributed by atoms with E-state index in [2.05, 4.69) is 18.2 Å². The van der Waals surface area contributed by atoms with E-state index in [0.29, 0.717) is 16.5 Å². The highest BCUT2D eigenvalue weighted by Crippen LogP contribution is 2.28. The first kappa shape index (κ1) is 14.4. The van der Waals surface area contributed by atoms with Crippen molar-refractivity contribution in [3.63, 3.8) is 0 Å². The molecule has 0 aliphatic heterocycles. The summed E-state index contributed by atoms with van der Waals surface area (Å²) in [5, 5.41) is 13.9. The molecule has 0 amide bonds. The summed E-state index contributed by atoms with van der Waals surface area (Å²) in [5.74, 6) is 0. The van der Waals surface area contributed by atoms with Gasteiger partial charge in [-0.3, -0.25) is 0 Å². The summed E-state index contributed by atoms with van der Waals surface area (Å²) in [4.78, 5) is 0. The smallest absolute Gasteiger partial charge is 0.0831 e. The topological polar surface area (TPSA) is 20.2 Å². The van der Waals surface area contributed by atoms with Gasteiger partial charge in [0.2, 0.25) is 0 Å². The molecule has 21 heavy (non-hydrogen) atoms. The fourth-order valence-corrected chi connectivity index (χ4v) is 3.11. The van der Waals surface area contributed by atoms with Gasteiger partial charge >= 0.3 is 0 Å². The standard InChI is InChI=1S/C18H14Cl2O/c19-15-8-14(9-16(20)11-15)18(21)10-13-6-3-5-12-4-1-2-7-17(12)13/h1-9,11,18,21H,10H2. The first-order chi connectivity index (χ1) is 10.1. The van der Waals surface area contributed by atoms with Crippen LogP contribution in [-0.2, 0) is 6.42 Å². The number of hydrogen-bond donors (Lipinski definition) is 1. The third-order valence-corrected chi connectivity index (χ3v) is 4.00. The molecular formula is C18H14Cl2O. The Morgan fingerprint density at radius 3 is 2.29 bits per heavy atom. The maximum absolute atomic E-state index is 10.5. The molecule has 3 aromatic carbocycles. The van der Waals surface area contributed by atoms with Crippen molar-refractivity contribution in [2.45, 2.75) is 12.5 Å². The second-order valence-electron chi connectivity index (χ2n) is 5.06. The van der Waals surface area contributed by atoms with Crippen molar-refractivity contribution in [3.05, 3.63) is 81.8 Å². The molecule has 1 N–H and O–H groups in total. The number of rotatable bonds is 3. The first-order valence-corrected chi connectivity index (χ1v) is 7.50. The lowest BCUT2D eigenvalue weighted by Gasteiger charge is -2.14. The van der Waals surface area contributed by atoms with E-state index < -0.39 is 6.10 Å². The molecule has 106 valence electrons. The molecule has 0 aliphatic rings. The predicted molar refractivity (Wildman–Crippen MR) is 89.1 cm³/mol. The minimum Gasteiger partial charge on any atom is -0.388 e. The van der Waals surface area contributed by atoms with E-state index in [-0.39, 0.29) is 0 Å². The number of benzene rings is 3. The lowest BCUT2D eigenvalue weighted by Crippen LogP contribution is -2.02. The van der Waals surface area contributed by atoms with Gasteiger partial charge in [0.1, 0.15) is 0 Å². The fraction of sp³-hybridized carbons (Fsp3) is 0.111. The van der Waals surface area contributed by atoms with Crippen LogP contribution in [-0.4, -0.2) is 5.11 Å². The third-order valence-electron chi connectivity index (χ3n) is 3.56. The van der Waals surface area contributed by atoms with Crippen LogP contribution in [0.25, 0.3) is 10.8 Å². The molecule has 1 unspecified atom stereocenters. The first-order valence-electron chi connectivity index (χ1n) is 6.74. The summed E-state index contributed by atoms with van der Waals surface area (Å²) >= 11 is 12.0. The Morgan fingerprint density at radius 2 is 1.52 bits per heavy atom. The molecule has 0 fully saturated rings. The van der Waals surface area contributed by atoms with Gasteiger partial charge in [-0.2, -0.15) is 0 Å². The van der Waals surface area contributed by atoms with E-state index in [1.165, 1.54) is 5.39 Å². The second kappa shape index (κ2) is 6.07. The molecule has 0 spiro atoms. The van der Waals surface area contributed by atoms with E-state index in [1.807, 2.05) is 24.3 Å². The normalized spacial score (nSPS) is 12.5. The van der Waals surface area contributed by atoms with Crippen molar-refractivity contribution in [3.8, 4) is 0 Å². The van der Waals surface area contributed by atoms with E-state index >= 15 is 0 Å². The van der Waals surface area contributed by atoms with Crippen molar-refractivity contribution in [2.75, 3.05) is 0 Å². The van der Waals surface area contributed by atoms with Gasteiger partial charge in [0, 0.05) is 16.5 Å². The third kappa shape index (κ3) is 3.21. The zero-order valence-electron chi connectivity index (χ0n) is 11.3. The van der Waals surface area contributed by atoms with E-state index in [9.17, 15) is 5.11 Å². The van der Waals surface area contributed by atoms with Crippen LogP contribution in [0.2, 0.25) is 10.0 Å². The molecular weight excluding hydrogens is 303 g/mol. The zero-order chi connectivity index (χ0) is 14.8. The predicted octanol–water partition coefficient (Wildman–Crippen LogP) is 5.42. The Morgan fingerprint density at radius 1 is 0.857 bits per heavy atom. The van der Waals surface area contributed by atoms with Crippen LogP contribution in [0, 0.1) is 0 Å². The molecule has 0 aliphatic carbocycles. The molecule has 3 heteroatoms. The highest BCUT2D eigenvalue weighted by Gasteiger charge is 2.12. The maximum Gasteiger partial charge on any atom is 0.0831 e. The number of hydrogen-bond acceptors (Lipinski definition) is 1. The SMILES string of the molecule is OC(Cc1cccc2ccccc12)c1cc(Cl)cc(Cl)c1. The Balaban J connectivity index is 1.94. The van der Waals surface area contributed by atoms with Gasteiger partial charge < -0.3 is 5.11 Å². The minimum absolute atomic E-state index is 0.526. The summed E-state index contributed by atoms with van der Waals surface area (Å²) in [7, 11) is 0. The van der Waals surface area contributed by atoms with Crippen LogP contribution in [0.15, 0.2) is 60.7 Å². The maximum atomic E-state index is 10.5. The Bertz CT molecular complexity index is 758. The molecule has 0 saturated carbocycles. The van der Waals surface area contributed by atoms with E-state index in [4.69, 9.17) is 23.2 Å². The summed E-state index contributed by atoms with van der Waals surface area (Å²) in [6.07, 6.45) is -0.107. The molecule has 1 atom stereocenters. The van der Waals surface area contributed by atoms with Gasteiger partial charge in [0.15, 0.2) is 0 Å². The molecule has 0 saturated heterocycles. The second-order valence-corrected chi connectivity index (χ2v) is 5.93. The lowest BCUT2D eigenvalue weighted by molar-refractivity contribution is 0.179. The monoisotopic (exact) mass is 316 g/mol. The van der Waals surface area contributed by atoms with Crippen LogP contribution in [0.5, 0.6) is 0 Å². The van der Waals surface area contributed by atoms with Gasteiger partial charge in [-0.15, -0.1) is 0 Å². The molecule has 3 rings (SSSR count). The zero-order valence-corrected chi connectivity index (χ0v) is 12.8. The highest BCUT2D eigenvalue weighted by molar-refractivity contribution is 6.34. The van der Waals surface area contributed by atoms with Crippen molar-refractivity contribution in [2.24, 2.45) is 0 Å². The van der Waals surface area contributed by atoms with Crippen molar-refractivity contribution in [1.29, 1.82) is 0 Å². The van der Waals surface area contributed by atoms with Gasteiger partial charge in [0.25, 0.3) is 0 Å². The number of aliphatic hydroxyl groups is 1. The summed E-state index contributed by atoms with van der Waals surface area (Å²) < 4.78 is 0. The highest BCUT2D eigenvalue weighted by atomic mass is 35.5. The lowest BCUT2D eigenvalue weighted by atomic mass is 9.97. The molecule has 1 nitrogen and oxygen atoms in total. The van der Waals surface area contributed by atoms with Gasteiger partial charge in [-0.05, 0) is 40.1 Å². The van der Waals surface area contributed by atoms with Crippen molar-refractivity contribution < 1.29 is 5.11 Å². The molecule has 0 bridgehead atoms. The Hall–Kier alpha value is -1.54. The van der Waals surface area contributed by atoms with Gasteiger partial charge in [0.05, 0.1) is 6.10 Å². The average Bonchev–Trinajstić information content (AvgIpc) is 2.46. The van der Waals surface area contributed by atoms with Gasteiger partial charge in [-0.1, -0.05) is 65.7 Å². The Labute approximate surface area is 133 Å². The van der Waals surface area contributed by atoms with Gasteiger partial charge in [-0.25, -0.2) is 0 Å². The Kier molecular flexibility index (Phi) is 4.16. The summed E-state index contributed by atoms with van der Waals surface area (Å²) in [5.41, 5.74) is 1.84. The van der Waals surface area contributed by atoms with Crippen LogP contribution in [0.4, 0.5) is 0 Å². The number of fused-ring (bicyclic) bond motifs is 1. The minimum atomic E-state index is -0.632. The van der Waals surface area contributed by atoms with E-state index in [0.717, 1.165) is 16.5 Å². The van der Waals surface area contributed by atoms with Crippen LogP contribution in [0.1, 0.15) is 17.2 Å². The van der Waals surface area contributed by atoms with Crippen LogP contribution in [0.3, 0.4) is 0 Å². The largest absolute Gasteiger partial charge is 0.388 e. The summed E-state index contributed by atoms with van der Waals surface area (Å²) in [6.45, 7) is 0. The molecule has 0 radical (unpaired) electrons. The van der Waals surface area contributed by atoms with Crippen LogP contribution >= 0.6 is 23.2 Å². The molecule has 3 aromatic rings. The van der Waals surface area contributed by atoms with E-state index in [1.54, 1.807) is 18.2 Å². The number of halogens is 2. The van der Waals surface area contributed by atoms with Crippen molar-refractivity contribution >= 4 is 34.0 Å². The summed E-state index contributed by atoms with van der Waals surface area (Å²) in [6, 6.07) is 19.5. The van der Waals surface area contributed by atoms with Crippen molar-refractivity contribution in [1.82, 2.24) is 0 Å². The van der Waals surface area contributed by atoms with Crippen LogP contribution < -0.4 is 0 Å². The average molecular weight is 317 g/mol. The fourth-order valence-electron chi connectivity index (χ4n) is 2.56. The molecule has 0 heterocycles. The quantitative estimate of drug-likeness (QED) is 0.683. The number of aliphatic hydroxyl groups excluding tert-OH is 1.